The number of amides is 6. The number of carbonyl (C=O) groups excluding carboxylic acids is 6. The summed E-state index contributed by atoms with van der Waals surface area (Å²) in [5, 5.41) is 42.3. The van der Waals surface area contributed by atoms with E-state index in [-0.39, 0.29) is 37.5 Å². The number of benzene rings is 1. The Labute approximate surface area is 314 Å². The van der Waals surface area contributed by atoms with Crippen LogP contribution in [-0.2, 0) is 44.8 Å². The number of hydrogen-bond donors (Lipinski definition) is 10. The van der Waals surface area contributed by atoms with Gasteiger partial charge in [0, 0.05) is 18.8 Å². The van der Waals surface area contributed by atoms with Gasteiger partial charge in [-0.25, -0.2) is 4.79 Å². The number of nitrogens with two attached hydrogens (primary N) is 2. The standard InChI is InChI=1S/C36H57N7O11/c1-18(2)14-24(41-34(51)25(17-28(37)45)42-35(52)30(38)19(3)4)27(44)15-20(5)31(48)39-21(6)32(49)40-23(12-13-29(46)47)33(50)43-26(36(53)54)16-22-10-8-7-9-11-22/h7-11,18-21,23-27,30,44H,12-17,38H2,1-6H3,(H2,37,45)(H,39,48)(H,40,49)(H,41,51)(H,42,52)(H,43,50)(H,46,47)(H,53,54)/t20-,21+,23+,24+,25?,26?,27+,30?/m1/s1. The molecule has 0 radical (unpaired) electrons. The third-order valence-corrected chi connectivity index (χ3v) is 8.55. The van der Waals surface area contributed by atoms with Crippen LogP contribution >= 0.6 is 0 Å². The Balaban J connectivity index is 2.99. The second-order valence-electron chi connectivity index (χ2n) is 14.3. The minimum atomic E-state index is -1.45. The fourth-order valence-corrected chi connectivity index (χ4v) is 5.29. The van der Waals surface area contributed by atoms with Crippen LogP contribution in [0.2, 0.25) is 0 Å². The smallest absolute Gasteiger partial charge is 0.326 e. The maximum atomic E-state index is 13.2. The molecule has 3 unspecified atom stereocenters. The van der Waals surface area contributed by atoms with Crippen LogP contribution in [0.5, 0.6) is 0 Å². The molecule has 0 aliphatic carbocycles. The lowest BCUT2D eigenvalue weighted by molar-refractivity contribution is -0.143. The molecule has 1 aromatic carbocycles. The number of carboxylic acids is 2. The van der Waals surface area contributed by atoms with Crippen LogP contribution in [-0.4, -0.2) is 105 Å². The maximum Gasteiger partial charge on any atom is 0.326 e. The molecule has 0 spiro atoms. The summed E-state index contributed by atoms with van der Waals surface area (Å²) in [4.78, 5) is 100. The van der Waals surface area contributed by atoms with Crippen LogP contribution in [0.3, 0.4) is 0 Å². The van der Waals surface area contributed by atoms with E-state index in [1.54, 1.807) is 44.2 Å². The van der Waals surface area contributed by atoms with Gasteiger partial charge in [0.1, 0.15) is 24.2 Å². The van der Waals surface area contributed by atoms with Gasteiger partial charge in [-0.3, -0.25) is 33.6 Å². The van der Waals surface area contributed by atoms with Gasteiger partial charge in [-0.1, -0.05) is 65.0 Å². The van der Waals surface area contributed by atoms with Crippen molar-refractivity contribution in [3.63, 3.8) is 0 Å². The second kappa shape index (κ2) is 22.9. The van der Waals surface area contributed by atoms with Gasteiger partial charge in [-0.2, -0.15) is 0 Å². The first-order valence-corrected chi connectivity index (χ1v) is 17.8. The van der Waals surface area contributed by atoms with Crippen molar-refractivity contribution >= 4 is 47.4 Å². The number of carbonyl (C=O) groups is 8. The molecule has 302 valence electrons. The SMILES string of the molecule is CC(C)C[C@H](NC(=O)C(CC(N)=O)NC(=O)C(N)C(C)C)[C@@H](O)C[C@@H](C)C(=O)N[C@@H](C)C(=O)N[C@@H](CCC(=O)O)C(=O)NC(Cc1ccccc1)C(=O)O. The number of nitrogens with one attached hydrogen (secondary N) is 5. The molecule has 0 saturated carbocycles. The highest BCUT2D eigenvalue weighted by Gasteiger charge is 2.33. The topological polar surface area (TPSA) is 309 Å². The zero-order chi connectivity index (χ0) is 41.3. The van der Waals surface area contributed by atoms with Crippen LogP contribution < -0.4 is 38.1 Å². The molecule has 18 heteroatoms. The van der Waals surface area contributed by atoms with E-state index in [0.717, 1.165) is 0 Å². The van der Waals surface area contributed by atoms with Crippen LogP contribution in [0.4, 0.5) is 0 Å². The van der Waals surface area contributed by atoms with Gasteiger partial charge in [0.2, 0.25) is 35.4 Å². The number of hydrogen-bond acceptors (Lipinski definition) is 10. The third kappa shape index (κ3) is 17.2. The molecule has 0 fully saturated rings. The summed E-state index contributed by atoms with van der Waals surface area (Å²) in [5.41, 5.74) is 11.8. The zero-order valence-electron chi connectivity index (χ0n) is 31.7. The Morgan fingerprint density at radius 1 is 0.685 bits per heavy atom. The molecule has 1 aromatic rings. The Morgan fingerprint density at radius 2 is 1.24 bits per heavy atom. The molecule has 0 aliphatic heterocycles. The van der Waals surface area contributed by atoms with Crippen molar-refractivity contribution in [2.75, 3.05) is 0 Å². The molecule has 12 N–H and O–H groups in total. The highest BCUT2D eigenvalue weighted by molar-refractivity contribution is 5.94. The maximum absolute atomic E-state index is 13.2. The van der Waals surface area contributed by atoms with Crippen molar-refractivity contribution in [3.05, 3.63) is 35.9 Å². The molecule has 1 rings (SSSR count). The van der Waals surface area contributed by atoms with Crippen LogP contribution in [0.1, 0.15) is 79.2 Å². The van der Waals surface area contributed by atoms with Crippen LogP contribution in [0.15, 0.2) is 30.3 Å². The van der Waals surface area contributed by atoms with Crippen molar-refractivity contribution < 1.29 is 53.7 Å². The number of aliphatic hydroxyl groups is 1. The minimum Gasteiger partial charge on any atom is -0.481 e. The van der Waals surface area contributed by atoms with E-state index in [9.17, 15) is 53.7 Å². The molecular formula is C36H57N7O11. The molecule has 0 saturated heterocycles. The van der Waals surface area contributed by atoms with Crippen molar-refractivity contribution in [1.82, 2.24) is 26.6 Å². The van der Waals surface area contributed by atoms with Gasteiger partial charge >= 0.3 is 11.9 Å². The van der Waals surface area contributed by atoms with Crippen LogP contribution in [0, 0.1) is 17.8 Å². The third-order valence-electron chi connectivity index (χ3n) is 8.55. The Kier molecular flexibility index (Phi) is 19.9. The quantitative estimate of drug-likeness (QED) is 0.0601. The summed E-state index contributed by atoms with van der Waals surface area (Å²) in [6.07, 6.45) is -2.74. The molecule has 0 aromatic heterocycles. The number of aliphatic carboxylic acids is 2. The summed E-state index contributed by atoms with van der Waals surface area (Å²) in [6, 6.07) is 1.14. The molecule has 0 bridgehead atoms. The van der Waals surface area contributed by atoms with E-state index in [4.69, 9.17) is 11.5 Å². The highest BCUT2D eigenvalue weighted by atomic mass is 16.4. The van der Waals surface area contributed by atoms with Crippen molar-refractivity contribution in [2.24, 2.45) is 29.2 Å². The minimum absolute atomic E-state index is 0.0493. The lowest BCUT2D eigenvalue weighted by atomic mass is 9.92. The van der Waals surface area contributed by atoms with Gasteiger partial charge in [-0.05, 0) is 43.6 Å². The first kappa shape index (κ1) is 46.9. The largest absolute Gasteiger partial charge is 0.481 e. The Hall–Kier alpha value is -5.10. The van der Waals surface area contributed by atoms with Gasteiger partial charge in [0.15, 0.2) is 0 Å². The summed E-state index contributed by atoms with van der Waals surface area (Å²) in [7, 11) is 0. The van der Waals surface area contributed by atoms with Crippen molar-refractivity contribution in [1.29, 1.82) is 0 Å². The predicted octanol–water partition coefficient (Wildman–Crippen LogP) is -1.09. The Bertz CT molecular complexity index is 1460. The average molecular weight is 764 g/mol. The Morgan fingerprint density at radius 3 is 1.76 bits per heavy atom. The first-order valence-electron chi connectivity index (χ1n) is 17.8. The monoisotopic (exact) mass is 763 g/mol. The second-order valence-corrected chi connectivity index (χ2v) is 14.3. The van der Waals surface area contributed by atoms with Crippen LogP contribution in [0.25, 0.3) is 0 Å². The summed E-state index contributed by atoms with van der Waals surface area (Å²) in [5.74, 6) is -8.62. The first-order chi connectivity index (χ1) is 25.1. The number of carboxylic acid groups (broad SMARTS) is 2. The molecule has 18 nitrogen and oxygen atoms in total. The fraction of sp³-hybridized carbons (Fsp3) is 0.611. The van der Waals surface area contributed by atoms with E-state index in [2.05, 4.69) is 26.6 Å². The van der Waals surface area contributed by atoms with Crippen molar-refractivity contribution in [2.45, 2.75) is 122 Å². The molecular weight excluding hydrogens is 706 g/mol. The predicted molar refractivity (Wildman–Crippen MR) is 196 cm³/mol. The molecule has 0 aliphatic rings. The number of primary amides is 1. The number of aliphatic hydroxyl groups excluding tert-OH is 1. The normalized spacial score (nSPS) is 15.7. The fourth-order valence-electron chi connectivity index (χ4n) is 5.29. The van der Waals surface area contributed by atoms with E-state index >= 15 is 0 Å². The molecule has 0 heterocycles. The molecule has 8 atom stereocenters. The zero-order valence-corrected chi connectivity index (χ0v) is 31.7. The van der Waals surface area contributed by atoms with E-state index in [1.165, 1.54) is 13.8 Å². The van der Waals surface area contributed by atoms with Gasteiger partial charge in [-0.15, -0.1) is 0 Å². The summed E-state index contributed by atoms with van der Waals surface area (Å²) >= 11 is 0. The number of rotatable bonds is 24. The molecule has 54 heavy (non-hydrogen) atoms. The van der Waals surface area contributed by atoms with Gasteiger partial charge in [0.05, 0.1) is 24.6 Å². The lowest BCUT2D eigenvalue weighted by Crippen LogP contribution is -2.57. The van der Waals surface area contributed by atoms with Crippen molar-refractivity contribution in [3.8, 4) is 0 Å². The summed E-state index contributed by atoms with van der Waals surface area (Å²) < 4.78 is 0. The molecule has 6 amide bonds. The average Bonchev–Trinajstić information content (AvgIpc) is 3.08. The lowest BCUT2D eigenvalue weighted by Gasteiger charge is -2.30. The van der Waals surface area contributed by atoms with Gasteiger partial charge < -0.3 is 53.4 Å². The summed E-state index contributed by atoms with van der Waals surface area (Å²) in [6.45, 7) is 9.87. The highest BCUT2D eigenvalue weighted by Crippen LogP contribution is 2.17. The van der Waals surface area contributed by atoms with E-state index in [1.807, 2.05) is 13.8 Å². The van der Waals surface area contributed by atoms with Gasteiger partial charge in [0.25, 0.3) is 0 Å². The van der Waals surface area contributed by atoms with E-state index in [0.29, 0.717) is 5.56 Å². The van der Waals surface area contributed by atoms with E-state index < -0.39 is 108 Å².